The van der Waals surface area contributed by atoms with Crippen molar-refractivity contribution >= 4 is 27.8 Å². The van der Waals surface area contributed by atoms with Gasteiger partial charge in [0.05, 0.1) is 6.42 Å². The van der Waals surface area contributed by atoms with Gasteiger partial charge in [-0.3, -0.25) is 14.3 Å². The first-order valence-corrected chi connectivity index (χ1v) is 8.46. The molecule has 0 spiro atoms. The summed E-state index contributed by atoms with van der Waals surface area (Å²) in [4.78, 5) is 25.0. The van der Waals surface area contributed by atoms with E-state index in [1.807, 2.05) is 37.4 Å². The van der Waals surface area contributed by atoms with Gasteiger partial charge in [-0.15, -0.1) is 0 Å². The Balaban J connectivity index is 2.02. The molecular formula is C17H20BrN3O3. The normalized spacial score (nSPS) is 10.6. The monoisotopic (exact) mass is 393 g/mol. The van der Waals surface area contributed by atoms with Crippen LogP contribution in [0.15, 0.2) is 41.0 Å². The number of carbonyl (C=O) groups excluding carboxylic acids is 1. The van der Waals surface area contributed by atoms with Gasteiger partial charge in [-0.2, -0.15) is 5.10 Å². The lowest BCUT2D eigenvalue weighted by molar-refractivity contribution is -0.138. The number of aryl methyl sites for hydroxylation is 2. The Morgan fingerprint density at radius 3 is 2.71 bits per heavy atom. The van der Waals surface area contributed by atoms with E-state index in [9.17, 15) is 9.59 Å². The van der Waals surface area contributed by atoms with Crippen LogP contribution in [0, 0.1) is 0 Å². The van der Waals surface area contributed by atoms with E-state index in [4.69, 9.17) is 5.11 Å². The van der Waals surface area contributed by atoms with E-state index in [1.54, 1.807) is 15.8 Å². The van der Waals surface area contributed by atoms with Crippen LogP contribution in [0.3, 0.4) is 0 Å². The predicted octanol–water partition coefficient (Wildman–Crippen LogP) is 2.62. The summed E-state index contributed by atoms with van der Waals surface area (Å²) in [6.45, 7) is 0.600. The molecule has 1 amide bonds. The molecule has 0 bridgehead atoms. The zero-order valence-corrected chi connectivity index (χ0v) is 15.1. The summed E-state index contributed by atoms with van der Waals surface area (Å²) >= 11 is 3.41. The van der Waals surface area contributed by atoms with Crippen molar-refractivity contribution in [2.24, 2.45) is 7.05 Å². The van der Waals surface area contributed by atoms with E-state index < -0.39 is 5.97 Å². The van der Waals surface area contributed by atoms with Crippen LogP contribution in [-0.2, 0) is 29.6 Å². The fraction of sp³-hybridized carbons (Fsp3) is 0.353. The number of nitrogens with zero attached hydrogens (tertiary/aromatic N) is 3. The molecule has 0 aliphatic heterocycles. The summed E-state index contributed by atoms with van der Waals surface area (Å²) in [7, 11) is 1.84. The highest BCUT2D eigenvalue weighted by atomic mass is 79.9. The maximum atomic E-state index is 12.5. The average molecular weight is 394 g/mol. The molecule has 0 saturated carbocycles. The number of carboxylic acid groups (broad SMARTS) is 1. The third-order valence-corrected chi connectivity index (χ3v) is 4.22. The lowest BCUT2D eigenvalue weighted by atomic mass is 10.1. The van der Waals surface area contributed by atoms with Gasteiger partial charge in [-0.1, -0.05) is 28.1 Å². The molecule has 2 rings (SSSR count). The van der Waals surface area contributed by atoms with Crippen molar-refractivity contribution in [1.29, 1.82) is 0 Å². The molecule has 0 saturated heterocycles. The molecule has 0 atom stereocenters. The number of hydrogen-bond donors (Lipinski definition) is 1. The molecule has 2 aromatic rings. The minimum Gasteiger partial charge on any atom is -0.481 e. The van der Waals surface area contributed by atoms with E-state index in [2.05, 4.69) is 21.0 Å². The second kappa shape index (κ2) is 8.63. The summed E-state index contributed by atoms with van der Waals surface area (Å²) in [6, 6.07) is 9.54. The second-order valence-electron chi connectivity index (χ2n) is 5.54. The summed E-state index contributed by atoms with van der Waals surface area (Å²) in [5.74, 6) is -0.967. The maximum Gasteiger partial charge on any atom is 0.305 e. The molecule has 0 aliphatic rings. The van der Waals surface area contributed by atoms with Crippen LogP contribution < -0.4 is 0 Å². The molecule has 0 fully saturated rings. The molecule has 7 heteroatoms. The molecule has 1 heterocycles. The average Bonchev–Trinajstić information content (AvgIpc) is 2.94. The van der Waals surface area contributed by atoms with Crippen molar-refractivity contribution in [3.05, 3.63) is 52.3 Å². The minimum atomic E-state index is -0.909. The molecule has 1 aromatic carbocycles. The van der Waals surface area contributed by atoms with Crippen molar-refractivity contribution in [3.63, 3.8) is 0 Å². The SMILES string of the molecule is Cn1nccc1CCC(=O)N(CCC(=O)O)Cc1cccc(Br)c1. The largest absolute Gasteiger partial charge is 0.481 e. The van der Waals surface area contributed by atoms with Crippen LogP contribution in [0.25, 0.3) is 0 Å². The number of aromatic nitrogens is 2. The van der Waals surface area contributed by atoms with Crippen molar-refractivity contribution in [2.45, 2.75) is 25.8 Å². The Kier molecular flexibility index (Phi) is 6.54. The lowest BCUT2D eigenvalue weighted by Gasteiger charge is -2.22. The van der Waals surface area contributed by atoms with Crippen LogP contribution in [0.1, 0.15) is 24.1 Å². The number of carbonyl (C=O) groups is 2. The van der Waals surface area contributed by atoms with Crippen molar-refractivity contribution < 1.29 is 14.7 Å². The zero-order chi connectivity index (χ0) is 17.5. The Morgan fingerprint density at radius 2 is 2.08 bits per heavy atom. The standard InChI is InChI=1S/C17H20BrN3O3/c1-20-15(7-9-19-20)5-6-16(22)21(10-8-17(23)24)12-13-3-2-4-14(18)11-13/h2-4,7,9,11H,5-6,8,10,12H2,1H3,(H,23,24). The molecule has 0 aliphatic carbocycles. The predicted molar refractivity (Wildman–Crippen MR) is 93.3 cm³/mol. The lowest BCUT2D eigenvalue weighted by Crippen LogP contribution is -2.32. The van der Waals surface area contributed by atoms with Crippen LogP contribution in [-0.4, -0.2) is 38.2 Å². The van der Waals surface area contributed by atoms with Crippen molar-refractivity contribution in [2.75, 3.05) is 6.54 Å². The minimum absolute atomic E-state index is 0.0579. The van der Waals surface area contributed by atoms with Gasteiger partial charge in [0.1, 0.15) is 0 Å². The van der Waals surface area contributed by atoms with Gasteiger partial charge in [0, 0.05) is 42.9 Å². The summed E-state index contributed by atoms with van der Waals surface area (Å²) in [5.41, 5.74) is 1.94. The molecule has 128 valence electrons. The van der Waals surface area contributed by atoms with Crippen LogP contribution in [0.5, 0.6) is 0 Å². The molecule has 24 heavy (non-hydrogen) atoms. The third kappa shape index (κ3) is 5.49. The van der Waals surface area contributed by atoms with E-state index >= 15 is 0 Å². The smallest absolute Gasteiger partial charge is 0.305 e. The topological polar surface area (TPSA) is 75.4 Å². The van der Waals surface area contributed by atoms with Gasteiger partial charge in [0.25, 0.3) is 0 Å². The molecule has 6 nitrogen and oxygen atoms in total. The first kappa shape index (κ1) is 18.2. The van der Waals surface area contributed by atoms with Gasteiger partial charge in [-0.05, 0) is 30.2 Å². The summed E-state index contributed by atoms with van der Waals surface area (Å²) in [5, 5.41) is 13.0. The first-order valence-electron chi connectivity index (χ1n) is 7.66. The second-order valence-corrected chi connectivity index (χ2v) is 6.45. The number of aliphatic carboxylic acids is 1. The third-order valence-electron chi connectivity index (χ3n) is 3.73. The molecule has 0 radical (unpaired) electrons. The van der Waals surface area contributed by atoms with Crippen LogP contribution in [0.2, 0.25) is 0 Å². The van der Waals surface area contributed by atoms with Crippen molar-refractivity contribution in [1.82, 2.24) is 14.7 Å². The molecule has 0 unspecified atom stereocenters. The van der Waals surface area contributed by atoms with Crippen LogP contribution >= 0.6 is 15.9 Å². The fourth-order valence-corrected chi connectivity index (χ4v) is 2.86. The quantitative estimate of drug-likeness (QED) is 0.747. The van der Waals surface area contributed by atoms with Crippen molar-refractivity contribution in [3.8, 4) is 0 Å². The highest BCUT2D eigenvalue weighted by Gasteiger charge is 2.16. The first-order chi connectivity index (χ1) is 11.5. The van der Waals surface area contributed by atoms with Gasteiger partial charge < -0.3 is 10.0 Å². The Hall–Kier alpha value is -2.15. The van der Waals surface area contributed by atoms with Gasteiger partial charge in [-0.25, -0.2) is 0 Å². The maximum absolute atomic E-state index is 12.5. The van der Waals surface area contributed by atoms with E-state index in [0.717, 1.165) is 15.7 Å². The van der Waals surface area contributed by atoms with E-state index in [-0.39, 0.29) is 18.9 Å². The Morgan fingerprint density at radius 1 is 1.29 bits per heavy atom. The highest BCUT2D eigenvalue weighted by Crippen LogP contribution is 2.15. The van der Waals surface area contributed by atoms with Gasteiger partial charge >= 0.3 is 5.97 Å². The summed E-state index contributed by atoms with van der Waals surface area (Å²) < 4.78 is 2.67. The van der Waals surface area contributed by atoms with E-state index in [0.29, 0.717) is 19.4 Å². The van der Waals surface area contributed by atoms with E-state index in [1.165, 1.54) is 0 Å². The number of benzene rings is 1. The number of hydrogen-bond acceptors (Lipinski definition) is 3. The Labute approximate surface area is 149 Å². The fourth-order valence-electron chi connectivity index (χ4n) is 2.42. The number of rotatable bonds is 8. The molecular weight excluding hydrogens is 374 g/mol. The zero-order valence-electron chi connectivity index (χ0n) is 13.5. The van der Waals surface area contributed by atoms with Crippen LogP contribution in [0.4, 0.5) is 0 Å². The highest BCUT2D eigenvalue weighted by molar-refractivity contribution is 9.10. The number of carboxylic acids is 1. The van der Waals surface area contributed by atoms with Gasteiger partial charge in [0.2, 0.25) is 5.91 Å². The molecule has 1 N–H and O–H groups in total. The van der Waals surface area contributed by atoms with Gasteiger partial charge in [0.15, 0.2) is 0 Å². The number of amides is 1. The molecule has 1 aromatic heterocycles. The number of halogens is 1. The Bertz CT molecular complexity index is 715. The summed E-state index contributed by atoms with van der Waals surface area (Å²) in [6.07, 6.45) is 2.54.